The highest BCUT2D eigenvalue weighted by Crippen LogP contribution is 2.26. The Bertz CT molecular complexity index is 782. The highest BCUT2D eigenvalue weighted by atomic mass is 32.2. The number of nitrogens with zero attached hydrogens (tertiary/aromatic N) is 2. The van der Waals surface area contributed by atoms with Gasteiger partial charge in [0.15, 0.2) is 0 Å². The Morgan fingerprint density at radius 3 is 2.08 bits per heavy atom. The lowest BCUT2D eigenvalue weighted by molar-refractivity contribution is 0.341. The van der Waals surface area contributed by atoms with Crippen LogP contribution in [0.4, 0.5) is 0 Å². The maximum absolute atomic E-state index is 13.1. The molecule has 0 saturated carbocycles. The molecule has 2 rings (SSSR count). The SMILES string of the molecule is CC(C)N(Cc1cccn1C)S(=O)(=O)c1ccc(C(C)(C)C)cc1. The number of rotatable bonds is 5. The van der Waals surface area contributed by atoms with Crippen LogP contribution in [0.2, 0.25) is 0 Å². The smallest absolute Gasteiger partial charge is 0.243 e. The first-order chi connectivity index (χ1) is 11.0. The van der Waals surface area contributed by atoms with Gasteiger partial charge in [-0.15, -0.1) is 0 Å². The zero-order valence-corrected chi connectivity index (χ0v) is 16.3. The summed E-state index contributed by atoms with van der Waals surface area (Å²) in [4.78, 5) is 0.346. The van der Waals surface area contributed by atoms with Crippen LogP contribution < -0.4 is 0 Å². The monoisotopic (exact) mass is 348 g/mol. The molecule has 0 aliphatic heterocycles. The van der Waals surface area contributed by atoms with Crippen molar-refractivity contribution in [3.05, 3.63) is 53.9 Å². The molecule has 132 valence electrons. The van der Waals surface area contributed by atoms with Crippen molar-refractivity contribution in [1.29, 1.82) is 0 Å². The van der Waals surface area contributed by atoms with E-state index in [2.05, 4.69) is 20.8 Å². The molecule has 24 heavy (non-hydrogen) atoms. The minimum absolute atomic E-state index is 0.00304. The van der Waals surface area contributed by atoms with Crippen LogP contribution in [0.5, 0.6) is 0 Å². The van der Waals surface area contributed by atoms with E-state index in [1.54, 1.807) is 16.4 Å². The fourth-order valence-corrected chi connectivity index (χ4v) is 4.24. The molecular weight excluding hydrogens is 320 g/mol. The Hall–Kier alpha value is -1.59. The van der Waals surface area contributed by atoms with Crippen molar-refractivity contribution < 1.29 is 8.42 Å². The van der Waals surface area contributed by atoms with Gasteiger partial charge < -0.3 is 4.57 Å². The zero-order valence-electron chi connectivity index (χ0n) is 15.4. The maximum Gasteiger partial charge on any atom is 0.243 e. The van der Waals surface area contributed by atoms with Crippen molar-refractivity contribution in [3.8, 4) is 0 Å². The first-order valence-electron chi connectivity index (χ1n) is 8.26. The van der Waals surface area contributed by atoms with E-state index in [-0.39, 0.29) is 11.5 Å². The summed E-state index contributed by atoms with van der Waals surface area (Å²) in [6.07, 6.45) is 1.93. The first kappa shape index (κ1) is 18.7. The normalized spacial score (nSPS) is 13.0. The van der Waals surface area contributed by atoms with Gasteiger partial charge in [-0.3, -0.25) is 0 Å². The Morgan fingerprint density at radius 1 is 1.08 bits per heavy atom. The highest BCUT2D eigenvalue weighted by Gasteiger charge is 2.28. The Labute approximate surface area is 146 Å². The van der Waals surface area contributed by atoms with Crippen LogP contribution in [0.15, 0.2) is 47.5 Å². The van der Waals surface area contributed by atoms with Gasteiger partial charge in [-0.05, 0) is 49.1 Å². The van der Waals surface area contributed by atoms with Gasteiger partial charge in [0.1, 0.15) is 0 Å². The molecule has 1 aromatic carbocycles. The minimum Gasteiger partial charge on any atom is -0.353 e. The molecule has 0 radical (unpaired) electrons. The van der Waals surface area contributed by atoms with Crippen LogP contribution in [0.3, 0.4) is 0 Å². The summed E-state index contributed by atoms with van der Waals surface area (Å²) in [5.41, 5.74) is 2.10. The number of sulfonamides is 1. The second-order valence-corrected chi connectivity index (χ2v) is 9.42. The van der Waals surface area contributed by atoms with E-state index in [1.807, 2.05) is 55.9 Å². The van der Waals surface area contributed by atoms with E-state index in [4.69, 9.17) is 0 Å². The third-order valence-corrected chi connectivity index (χ3v) is 6.31. The Kier molecular flexibility index (Phi) is 5.25. The van der Waals surface area contributed by atoms with Crippen molar-refractivity contribution in [2.24, 2.45) is 7.05 Å². The molecule has 1 heterocycles. The highest BCUT2D eigenvalue weighted by molar-refractivity contribution is 7.89. The van der Waals surface area contributed by atoms with Crippen molar-refractivity contribution in [2.75, 3.05) is 0 Å². The Balaban J connectivity index is 2.36. The van der Waals surface area contributed by atoms with Crippen molar-refractivity contribution in [3.63, 3.8) is 0 Å². The fourth-order valence-electron chi connectivity index (χ4n) is 2.63. The summed E-state index contributed by atoms with van der Waals surface area (Å²) < 4.78 is 29.7. The summed E-state index contributed by atoms with van der Waals surface area (Å²) in [7, 11) is -1.61. The maximum atomic E-state index is 13.1. The number of hydrogen-bond acceptors (Lipinski definition) is 2. The first-order valence-corrected chi connectivity index (χ1v) is 9.70. The predicted molar refractivity (Wildman–Crippen MR) is 98.4 cm³/mol. The Morgan fingerprint density at radius 2 is 1.67 bits per heavy atom. The van der Waals surface area contributed by atoms with Gasteiger partial charge in [0.25, 0.3) is 0 Å². The van der Waals surface area contributed by atoms with Gasteiger partial charge in [0.05, 0.1) is 11.4 Å². The van der Waals surface area contributed by atoms with E-state index < -0.39 is 10.0 Å². The van der Waals surface area contributed by atoms with Crippen LogP contribution in [-0.4, -0.2) is 23.3 Å². The van der Waals surface area contributed by atoms with Gasteiger partial charge in [-0.25, -0.2) is 8.42 Å². The molecule has 0 saturated heterocycles. The van der Waals surface area contributed by atoms with Crippen molar-refractivity contribution in [2.45, 2.75) is 57.5 Å². The summed E-state index contributed by atoms with van der Waals surface area (Å²) >= 11 is 0. The molecule has 0 aliphatic rings. The summed E-state index contributed by atoms with van der Waals surface area (Å²) in [6.45, 7) is 10.5. The van der Waals surface area contributed by atoms with Gasteiger partial charge >= 0.3 is 0 Å². The molecule has 0 amide bonds. The van der Waals surface area contributed by atoms with Gasteiger partial charge in [-0.1, -0.05) is 32.9 Å². The van der Waals surface area contributed by atoms with Crippen LogP contribution in [0.25, 0.3) is 0 Å². The molecule has 4 nitrogen and oxygen atoms in total. The molecule has 0 spiro atoms. The predicted octanol–water partition coefficient (Wildman–Crippen LogP) is 3.92. The molecular formula is C19H28N2O2S. The molecule has 0 unspecified atom stereocenters. The quantitative estimate of drug-likeness (QED) is 0.822. The van der Waals surface area contributed by atoms with E-state index >= 15 is 0 Å². The number of benzene rings is 1. The average molecular weight is 349 g/mol. The van der Waals surface area contributed by atoms with Crippen LogP contribution in [0.1, 0.15) is 45.9 Å². The molecule has 0 aliphatic carbocycles. The molecule has 0 N–H and O–H groups in total. The summed E-state index contributed by atoms with van der Waals surface area (Å²) in [5.74, 6) is 0. The summed E-state index contributed by atoms with van der Waals surface area (Å²) in [6, 6.07) is 11.0. The fraction of sp³-hybridized carbons (Fsp3) is 0.474. The number of hydrogen-bond donors (Lipinski definition) is 0. The van der Waals surface area contributed by atoms with Crippen molar-refractivity contribution >= 4 is 10.0 Å². The topological polar surface area (TPSA) is 42.3 Å². The largest absolute Gasteiger partial charge is 0.353 e. The zero-order chi connectivity index (χ0) is 18.1. The lowest BCUT2D eigenvalue weighted by atomic mass is 9.87. The van der Waals surface area contributed by atoms with Gasteiger partial charge in [-0.2, -0.15) is 4.31 Å². The standard InChI is InChI=1S/C19H28N2O2S/c1-15(2)21(14-17-8-7-13-20(17)6)24(22,23)18-11-9-16(10-12-18)19(3,4)5/h7-13,15H,14H2,1-6H3. The second-order valence-electron chi connectivity index (χ2n) is 7.53. The molecule has 1 aromatic heterocycles. The lowest BCUT2D eigenvalue weighted by Gasteiger charge is -2.27. The van der Waals surface area contributed by atoms with Gasteiger partial charge in [0.2, 0.25) is 10.0 Å². The van der Waals surface area contributed by atoms with Crippen LogP contribution >= 0.6 is 0 Å². The average Bonchev–Trinajstić information content (AvgIpc) is 2.88. The minimum atomic E-state index is -3.54. The van der Waals surface area contributed by atoms with Crippen LogP contribution in [-0.2, 0) is 29.0 Å². The van der Waals surface area contributed by atoms with E-state index in [1.165, 1.54) is 0 Å². The number of aromatic nitrogens is 1. The van der Waals surface area contributed by atoms with E-state index in [9.17, 15) is 8.42 Å². The third kappa shape index (κ3) is 3.90. The molecule has 0 bridgehead atoms. The molecule has 0 atom stereocenters. The van der Waals surface area contributed by atoms with Crippen molar-refractivity contribution in [1.82, 2.24) is 8.87 Å². The van der Waals surface area contributed by atoms with Gasteiger partial charge in [0, 0.05) is 25.0 Å². The van der Waals surface area contributed by atoms with Crippen LogP contribution in [0, 0.1) is 0 Å². The summed E-state index contributed by atoms with van der Waals surface area (Å²) in [5, 5.41) is 0. The molecule has 0 fully saturated rings. The van der Waals surface area contributed by atoms with E-state index in [0.717, 1.165) is 11.3 Å². The molecule has 5 heteroatoms. The number of aryl methyl sites for hydroxylation is 1. The lowest BCUT2D eigenvalue weighted by Crippen LogP contribution is -2.36. The third-order valence-electron chi connectivity index (χ3n) is 4.27. The molecule has 2 aromatic rings. The second kappa shape index (κ2) is 6.73. The van der Waals surface area contributed by atoms with E-state index in [0.29, 0.717) is 11.4 Å².